The zero-order valence-electron chi connectivity index (χ0n) is 16.9. The molecule has 0 amide bonds. The molecule has 160 valence electrons. The van der Waals surface area contributed by atoms with Crippen molar-refractivity contribution < 1.29 is 29.3 Å². The molecule has 8 atom stereocenters. The summed E-state index contributed by atoms with van der Waals surface area (Å²) in [5.41, 5.74) is -6.78. The van der Waals surface area contributed by atoms with Crippen LogP contribution in [0.1, 0.15) is 65.7 Å². The van der Waals surface area contributed by atoms with Gasteiger partial charge in [-0.15, -0.1) is 11.6 Å². The number of carbonyl (C=O) groups excluding carboxylic acids is 2. The van der Waals surface area contributed by atoms with Gasteiger partial charge in [-0.3, -0.25) is 9.59 Å². The van der Waals surface area contributed by atoms with Crippen LogP contribution in [0.5, 0.6) is 0 Å². The Labute approximate surface area is 170 Å². The lowest BCUT2D eigenvalue weighted by Gasteiger charge is -2.61. The van der Waals surface area contributed by atoms with Crippen molar-refractivity contribution in [1.29, 1.82) is 0 Å². The first kappa shape index (κ1) is 22.1. The molecule has 3 rings (SSSR count). The predicted molar refractivity (Wildman–Crippen MR) is 103 cm³/mol. The highest BCUT2D eigenvalue weighted by Crippen LogP contribution is 2.68. The topological polar surface area (TPSA) is 94.8 Å². The fourth-order valence-electron chi connectivity index (χ4n) is 6.77. The third-order valence-corrected chi connectivity index (χ3v) is 8.74. The summed E-state index contributed by atoms with van der Waals surface area (Å²) in [4.78, 5) is 25.3. The zero-order chi connectivity index (χ0) is 21.1. The van der Waals surface area contributed by atoms with Crippen LogP contribution in [-0.4, -0.2) is 56.2 Å². The summed E-state index contributed by atoms with van der Waals surface area (Å²) in [6, 6.07) is 0. The molecule has 0 aromatic rings. The Kier molecular flexibility index (Phi) is 5.53. The van der Waals surface area contributed by atoms with Crippen molar-refractivity contribution in [1.82, 2.24) is 0 Å². The standard InChI is InChI=1S/C21H32ClFO5/c1-4-5-8-18(2)14(24)7-6-12-13-9-15(25)21(28,17(27)11-22)19(13,3)10-16(26)20(12,18)23/h12-13,15-16,25-26,28H,4-11H2,1-3H3/t12-,13-,15+,16-,18-,19-,20-,21-/m0/s1. The SMILES string of the molecule is CCCC[C@@]1(C)C(=O)CC[C@H]2[C@@H]3C[C@@H](O)[C@](O)(C(=O)CCl)[C@@]3(C)C[C@H](O)[C@@]21F. The summed E-state index contributed by atoms with van der Waals surface area (Å²) in [5.74, 6) is -2.59. The van der Waals surface area contributed by atoms with E-state index in [1.807, 2.05) is 6.92 Å². The van der Waals surface area contributed by atoms with E-state index in [-0.39, 0.29) is 31.5 Å². The summed E-state index contributed by atoms with van der Waals surface area (Å²) >= 11 is 5.70. The smallest absolute Gasteiger partial charge is 0.182 e. The number of fused-ring (bicyclic) bond motifs is 3. The Bertz CT molecular complexity index is 673. The molecule has 0 bridgehead atoms. The van der Waals surface area contributed by atoms with Gasteiger partial charge >= 0.3 is 0 Å². The highest BCUT2D eigenvalue weighted by Gasteiger charge is 2.76. The second kappa shape index (κ2) is 7.00. The van der Waals surface area contributed by atoms with E-state index >= 15 is 4.39 Å². The minimum absolute atomic E-state index is 0.0523. The Balaban J connectivity index is 2.10. The molecule has 3 aliphatic carbocycles. The van der Waals surface area contributed by atoms with E-state index in [1.165, 1.54) is 0 Å². The first-order valence-electron chi connectivity index (χ1n) is 10.3. The Hall–Kier alpha value is -0.560. The molecule has 0 aliphatic heterocycles. The van der Waals surface area contributed by atoms with Gasteiger partial charge in [-0.1, -0.05) is 26.7 Å². The number of Topliss-reactive ketones (excluding diaryl/α,β-unsaturated/α-hetero) is 2. The number of carbonyl (C=O) groups is 2. The van der Waals surface area contributed by atoms with E-state index in [0.29, 0.717) is 12.8 Å². The summed E-state index contributed by atoms with van der Waals surface area (Å²) in [5, 5.41) is 32.9. The number of rotatable bonds is 5. The van der Waals surface area contributed by atoms with Crippen LogP contribution < -0.4 is 0 Å². The molecule has 0 aromatic carbocycles. The quantitative estimate of drug-likeness (QED) is 0.596. The van der Waals surface area contributed by atoms with Gasteiger partial charge in [0.2, 0.25) is 0 Å². The van der Waals surface area contributed by atoms with E-state index in [0.717, 1.165) is 6.42 Å². The fourth-order valence-corrected chi connectivity index (χ4v) is 6.98. The summed E-state index contributed by atoms with van der Waals surface area (Å²) < 4.78 is 16.8. The van der Waals surface area contributed by atoms with Gasteiger partial charge in [0.05, 0.1) is 23.5 Å². The van der Waals surface area contributed by atoms with Gasteiger partial charge in [-0.2, -0.15) is 0 Å². The van der Waals surface area contributed by atoms with E-state index in [1.54, 1.807) is 13.8 Å². The van der Waals surface area contributed by atoms with Crippen LogP contribution in [0.15, 0.2) is 0 Å². The van der Waals surface area contributed by atoms with Crippen LogP contribution in [-0.2, 0) is 9.59 Å². The van der Waals surface area contributed by atoms with Crippen LogP contribution in [0, 0.1) is 22.7 Å². The Morgan fingerprint density at radius 3 is 2.46 bits per heavy atom. The van der Waals surface area contributed by atoms with Gasteiger partial charge in [-0.05, 0) is 38.5 Å². The highest BCUT2D eigenvalue weighted by molar-refractivity contribution is 6.29. The van der Waals surface area contributed by atoms with Crippen molar-refractivity contribution in [3.05, 3.63) is 0 Å². The van der Waals surface area contributed by atoms with Crippen molar-refractivity contribution in [2.75, 3.05) is 5.88 Å². The maximum absolute atomic E-state index is 16.8. The molecule has 3 aliphatic rings. The Morgan fingerprint density at radius 1 is 1.25 bits per heavy atom. The molecule has 3 fully saturated rings. The largest absolute Gasteiger partial charge is 0.390 e. The molecule has 0 saturated heterocycles. The first-order valence-corrected chi connectivity index (χ1v) is 10.9. The predicted octanol–water partition coefficient (Wildman–Crippen LogP) is 2.56. The molecule has 3 N–H and O–H groups in total. The van der Waals surface area contributed by atoms with Gasteiger partial charge < -0.3 is 15.3 Å². The molecule has 0 spiro atoms. The molecule has 5 nitrogen and oxygen atoms in total. The van der Waals surface area contributed by atoms with Gasteiger partial charge in [-0.25, -0.2) is 4.39 Å². The lowest BCUT2D eigenvalue weighted by atomic mass is 9.45. The molecular formula is C21H32ClFO5. The monoisotopic (exact) mass is 418 g/mol. The summed E-state index contributed by atoms with van der Waals surface area (Å²) in [6.45, 7) is 5.23. The number of hydrogen-bond donors (Lipinski definition) is 3. The van der Waals surface area contributed by atoms with E-state index in [9.17, 15) is 24.9 Å². The summed E-state index contributed by atoms with van der Waals surface area (Å²) in [7, 11) is 0. The van der Waals surface area contributed by atoms with Crippen LogP contribution in [0.25, 0.3) is 0 Å². The third-order valence-electron chi connectivity index (χ3n) is 8.50. The zero-order valence-corrected chi connectivity index (χ0v) is 17.6. The minimum Gasteiger partial charge on any atom is -0.390 e. The van der Waals surface area contributed by atoms with Crippen molar-refractivity contribution in [2.45, 2.75) is 89.2 Å². The fraction of sp³-hybridized carbons (Fsp3) is 0.905. The van der Waals surface area contributed by atoms with Gasteiger partial charge in [0.1, 0.15) is 5.78 Å². The molecule has 3 saturated carbocycles. The molecule has 0 unspecified atom stereocenters. The van der Waals surface area contributed by atoms with Crippen molar-refractivity contribution in [2.24, 2.45) is 22.7 Å². The lowest BCUT2D eigenvalue weighted by molar-refractivity contribution is -0.234. The molecular weight excluding hydrogens is 387 g/mol. The van der Waals surface area contributed by atoms with Crippen molar-refractivity contribution >= 4 is 23.2 Å². The van der Waals surface area contributed by atoms with Crippen LogP contribution in [0.3, 0.4) is 0 Å². The first-order chi connectivity index (χ1) is 12.9. The highest BCUT2D eigenvalue weighted by atomic mass is 35.5. The number of alkyl halides is 2. The van der Waals surface area contributed by atoms with Gasteiger partial charge in [0.15, 0.2) is 17.1 Å². The van der Waals surface area contributed by atoms with Crippen LogP contribution in [0.4, 0.5) is 4.39 Å². The normalized spacial score (nSPS) is 50.9. The summed E-state index contributed by atoms with van der Waals surface area (Å²) in [6.07, 6.45) is -0.751. The number of ketones is 2. The van der Waals surface area contributed by atoms with Crippen molar-refractivity contribution in [3.8, 4) is 0 Å². The van der Waals surface area contributed by atoms with Crippen LogP contribution >= 0.6 is 11.6 Å². The Morgan fingerprint density at radius 2 is 1.89 bits per heavy atom. The number of hydrogen-bond acceptors (Lipinski definition) is 5. The van der Waals surface area contributed by atoms with Gasteiger partial charge in [0.25, 0.3) is 0 Å². The lowest BCUT2D eigenvalue weighted by Crippen LogP contribution is -2.71. The number of aliphatic hydroxyl groups excluding tert-OH is 2. The molecule has 0 radical (unpaired) electrons. The number of aliphatic hydroxyl groups is 3. The van der Waals surface area contributed by atoms with Crippen molar-refractivity contribution in [3.63, 3.8) is 0 Å². The molecule has 7 heteroatoms. The average molecular weight is 419 g/mol. The number of unbranched alkanes of at least 4 members (excludes halogenated alkanes) is 1. The number of halogens is 2. The second-order valence-corrected chi connectivity index (χ2v) is 9.86. The maximum atomic E-state index is 16.8. The second-order valence-electron chi connectivity index (χ2n) is 9.59. The maximum Gasteiger partial charge on any atom is 0.182 e. The minimum atomic E-state index is -2.14. The van der Waals surface area contributed by atoms with E-state index in [2.05, 4.69) is 0 Å². The van der Waals surface area contributed by atoms with Gasteiger partial charge in [0, 0.05) is 17.8 Å². The molecule has 0 aromatic heterocycles. The van der Waals surface area contributed by atoms with E-state index in [4.69, 9.17) is 11.6 Å². The van der Waals surface area contributed by atoms with Crippen LogP contribution in [0.2, 0.25) is 0 Å². The molecule has 0 heterocycles. The average Bonchev–Trinajstić information content (AvgIpc) is 2.85. The molecule has 28 heavy (non-hydrogen) atoms. The third kappa shape index (κ3) is 2.47. The van der Waals surface area contributed by atoms with E-state index < -0.39 is 57.8 Å².